The molecule has 1 aromatic carbocycles. The molecule has 2 aromatic rings. The van der Waals surface area contributed by atoms with Gasteiger partial charge in [-0.25, -0.2) is 12.7 Å². The summed E-state index contributed by atoms with van der Waals surface area (Å²) in [7, 11) is 0.520. The third-order valence-corrected chi connectivity index (χ3v) is 6.24. The molecule has 0 amide bonds. The molecule has 0 bridgehead atoms. The fraction of sp³-hybridized carbons (Fsp3) is 0.333. The van der Waals surface area contributed by atoms with Crippen LogP contribution in [0.1, 0.15) is 10.4 Å². The number of thiophene rings is 1. The summed E-state index contributed by atoms with van der Waals surface area (Å²) in [4.78, 5) is -0.668. The number of nitrogens with zero attached hydrogens (tertiary/aromatic N) is 1. The summed E-state index contributed by atoms with van der Waals surface area (Å²) in [6.45, 7) is -0.111. The smallest absolute Gasteiger partial charge is 0.425 e. The van der Waals surface area contributed by atoms with Crippen LogP contribution in [0.3, 0.4) is 0 Å². The van der Waals surface area contributed by atoms with Gasteiger partial charge >= 0.3 is 6.18 Å². The lowest BCUT2D eigenvalue weighted by Gasteiger charge is -2.16. The second-order valence-corrected chi connectivity index (χ2v) is 8.34. The van der Waals surface area contributed by atoms with E-state index in [-0.39, 0.29) is 17.0 Å². The van der Waals surface area contributed by atoms with Gasteiger partial charge < -0.3 is 10.1 Å². The van der Waals surface area contributed by atoms with Gasteiger partial charge in [0.15, 0.2) is 0 Å². The lowest BCUT2D eigenvalue weighted by atomic mass is 10.2. The number of rotatable bonds is 6. The van der Waals surface area contributed by atoms with E-state index in [2.05, 4.69) is 5.32 Å². The Balaban J connectivity index is 2.32. The van der Waals surface area contributed by atoms with Crippen LogP contribution < -0.4 is 10.1 Å². The summed E-state index contributed by atoms with van der Waals surface area (Å²) in [6, 6.07) is 5.56. The molecule has 1 heterocycles. The normalized spacial score (nSPS) is 12.4. The van der Waals surface area contributed by atoms with E-state index in [0.29, 0.717) is 22.8 Å². The van der Waals surface area contributed by atoms with Gasteiger partial charge in [0.25, 0.3) is 0 Å². The summed E-state index contributed by atoms with van der Waals surface area (Å²) >= 11 is 0.614. The third kappa shape index (κ3) is 4.25. The molecule has 5 nitrogen and oxygen atoms in total. The summed E-state index contributed by atoms with van der Waals surface area (Å²) < 4.78 is 69.4. The number of methoxy groups -OCH3 is 1. The Hall–Kier alpha value is -1.78. The van der Waals surface area contributed by atoms with Gasteiger partial charge in [0, 0.05) is 20.6 Å². The highest BCUT2D eigenvalue weighted by atomic mass is 32.2. The zero-order valence-corrected chi connectivity index (χ0v) is 15.3. The minimum Gasteiger partial charge on any atom is -0.495 e. The molecule has 0 saturated heterocycles. The van der Waals surface area contributed by atoms with Crippen LogP contribution in [-0.2, 0) is 22.7 Å². The maximum absolute atomic E-state index is 12.9. The standard InChI is InChI=1S/C15H17F3N2O3S2/c1-20(2)25(21,22)11-4-5-13(23-3)12(8-11)19-9-10-6-7-24-14(10)15(16,17)18/h4-8,19H,9H2,1-3H3. The van der Waals surface area contributed by atoms with Crippen molar-refractivity contribution < 1.29 is 26.3 Å². The first-order valence-corrected chi connectivity index (χ1v) is 9.37. The maximum atomic E-state index is 12.9. The van der Waals surface area contributed by atoms with Crippen LogP contribution in [-0.4, -0.2) is 33.9 Å². The van der Waals surface area contributed by atoms with Crippen molar-refractivity contribution in [1.29, 1.82) is 0 Å². The van der Waals surface area contributed by atoms with Crippen molar-refractivity contribution in [3.8, 4) is 5.75 Å². The second-order valence-electron chi connectivity index (χ2n) is 5.28. The zero-order valence-electron chi connectivity index (χ0n) is 13.7. The molecule has 1 aromatic heterocycles. The number of nitrogens with one attached hydrogen (secondary N) is 1. The van der Waals surface area contributed by atoms with Crippen LogP contribution in [0, 0.1) is 0 Å². The van der Waals surface area contributed by atoms with Crippen molar-refractivity contribution in [2.45, 2.75) is 17.6 Å². The predicted octanol–water partition coefficient (Wildman–Crippen LogP) is 3.64. The van der Waals surface area contributed by atoms with Crippen LogP contribution in [0.15, 0.2) is 34.5 Å². The molecule has 25 heavy (non-hydrogen) atoms. The van der Waals surface area contributed by atoms with E-state index < -0.39 is 21.1 Å². The molecule has 0 aliphatic heterocycles. The minimum atomic E-state index is -4.43. The van der Waals surface area contributed by atoms with Crippen molar-refractivity contribution in [3.05, 3.63) is 40.1 Å². The first kappa shape index (κ1) is 19.5. The molecule has 138 valence electrons. The first-order valence-electron chi connectivity index (χ1n) is 7.05. The molecule has 0 unspecified atom stereocenters. The Bertz CT molecular complexity index is 846. The van der Waals surface area contributed by atoms with Crippen LogP contribution >= 0.6 is 11.3 Å². The molecule has 0 saturated carbocycles. The average molecular weight is 394 g/mol. The zero-order chi connectivity index (χ0) is 18.8. The van der Waals surface area contributed by atoms with Crippen molar-refractivity contribution >= 4 is 27.0 Å². The average Bonchev–Trinajstić information content (AvgIpc) is 3.01. The van der Waals surface area contributed by atoms with Crippen molar-refractivity contribution in [2.75, 3.05) is 26.5 Å². The molecule has 0 aliphatic rings. The molecule has 0 atom stereocenters. The van der Waals surface area contributed by atoms with E-state index in [9.17, 15) is 21.6 Å². The molecular formula is C15H17F3N2O3S2. The van der Waals surface area contributed by atoms with Gasteiger partial charge in [0.05, 0.1) is 17.7 Å². The molecule has 0 aliphatic carbocycles. The van der Waals surface area contributed by atoms with Crippen LogP contribution in [0.2, 0.25) is 0 Å². The van der Waals surface area contributed by atoms with E-state index in [0.717, 1.165) is 4.31 Å². The van der Waals surface area contributed by atoms with Crippen LogP contribution in [0.25, 0.3) is 0 Å². The highest BCUT2D eigenvalue weighted by molar-refractivity contribution is 7.89. The second kappa shape index (κ2) is 7.22. The molecule has 2 rings (SSSR count). The SMILES string of the molecule is COc1ccc(S(=O)(=O)N(C)C)cc1NCc1ccsc1C(F)(F)F. The summed E-state index contributed by atoms with van der Waals surface area (Å²) in [5, 5.41) is 4.19. The van der Waals surface area contributed by atoms with E-state index in [1.807, 2.05) is 0 Å². The van der Waals surface area contributed by atoms with Crippen LogP contribution in [0.5, 0.6) is 5.75 Å². The summed E-state index contributed by atoms with van der Waals surface area (Å²) in [6.07, 6.45) is -4.43. The predicted molar refractivity (Wildman–Crippen MR) is 90.5 cm³/mol. The Morgan fingerprint density at radius 2 is 1.92 bits per heavy atom. The number of halogens is 3. The highest BCUT2D eigenvalue weighted by Crippen LogP contribution is 2.37. The largest absolute Gasteiger partial charge is 0.495 e. The lowest BCUT2D eigenvalue weighted by molar-refractivity contribution is -0.134. The molecule has 10 heteroatoms. The monoisotopic (exact) mass is 394 g/mol. The third-order valence-electron chi connectivity index (χ3n) is 3.42. The van der Waals surface area contributed by atoms with E-state index in [1.165, 1.54) is 50.9 Å². The van der Waals surface area contributed by atoms with Crippen molar-refractivity contribution in [1.82, 2.24) is 4.31 Å². The molecule has 0 radical (unpaired) electrons. The number of hydrogen-bond acceptors (Lipinski definition) is 5. The molecule has 0 fully saturated rings. The van der Waals surface area contributed by atoms with E-state index in [1.54, 1.807) is 0 Å². The van der Waals surface area contributed by atoms with Gasteiger partial charge in [0.2, 0.25) is 10.0 Å². The summed E-state index contributed by atoms with van der Waals surface area (Å²) in [5.74, 6) is 0.335. The number of ether oxygens (including phenoxy) is 1. The number of benzene rings is 1. The number of alkyl halides is 3. The number of anilines is 1. The highest BCUT2D eigenvalue weighted by Gasteiger charge is 2.34. The van der Waals surface area contributed by atoms with Crippen molar-refractivity contribution in [3.63, 3.8) is 0 Å². The molecule has 0 spiro atoms. The number of hydrogen-bond donors (Lipinski definition) is 1. The fourth-order valence-corrected chi connectivity index (χ4v) is 3.83. The maximum Gasteiger partial charge on any atom is 0.425 e. The van der Waals surface area contributed by atoms with Gasteiger partial charge in [-0.2, -0.15) is 13.2 Å². The fourth-order valence-electron chi connectivity index (χ4n) is 2.11. The van der Waals surface area contributed by atoms with Gasteiger partial charge in [-0.1, -0.05) is 0 Å². The van der Waals surface area contributed by atoms with Gasteiger partial charge in [0.1, 0.15) is 10.6 Å². The quantitative estimate of drug-likeness (QED) is 0.813. The molecule has 1 N–H and O–H groups in total. The Labute approximate surface area is 148 Å². The van der Waals surface area contributed by atoms with E-state index >= 15 is 0 Å². The summed E-state index contributed by atoms with van der Waals surface area (Å²) in [5.41, 5.74) is 0.380. The van der Waals surface area contributed by atoms with Gasteiger partial charge in [-0.3, -0.25) is 0 Å². The Morgan fingerprint density at radius 3 is 2.48 bits per heavy atom. The first-order chi connectivity index (χ1) is 11.6. The lowest BCUT2D eigenvalue weighted by Crippen LogP contribution is -2.22. The topological polar surface area (TPSA) is 58.6 Å². The molecular weight excluding hydrogens is 377 g/mol. The minimum absolute atomic E-state index is 0.0159. The van der Waals surface area contributed by atoms with Crippen LogP contribution in [0.4, 0.5) is 18.9 Å². The van der Waals surface area contributed by atoms with E-state index in [4.69, 9.17) is 4.74 Å². The van der Waals surface area contributed by atoms with Crippen molar-refractivity contribution in [2.24, 2.45) is 0 Å². The number of sulfonamides is 1. The Morgan fingerprint density at radius 1 is 1.24 bits per heavy atom. The van der Waals surface area contributed by atoms with Gasteiger partial charge in [-0.15, -0.1) is 11.3 Å². The Kier molecular flexibility index (Phi) is 5.65. The van der Waals surface area contributed by atoms with Gasteiger partial charge in [-0.05, 0) is 35.2 Å².